The van der Waals surface area contributed by atoms with Gasteiger partial charge in [-0.25, -0.2) is 4.39 Å². The lowest BCUT2D eigenvalue weighted by Crippen LogP contribution is -2.37. The smallest absolute Gasteiger partial charge is 0.262 e. The average Bonchev–Trinajstić information content (AvgIpc) is 2.55. The number of fused-ring (bicyclic) bond motifs is 1. The van der Waals surface area contributed by atoms with Crippen molar-refractivity contribution in [2.45, 2.75) is 12.5 Å². The van der Waals surface area contributed by atoms with Crippen molar-refractivity contribution in [3.8, 4) is 5.75 Å². The first kappa shape index (κ1) is 14.5. The number of carbonyl (C=O) groups excluding carboxylic acids is 1. The molecule has 0 fully saturated rings. The molecule has 0 radical (unpaired) electrons. The van der Waals surface area contributed by atoms with Crippen LogP contribution in [-0.4, -0.2) is 24.7 Å². The zero-order valence-electron chi connectivity index (χ0n) is 12.1. The van der Waals surface area contributed by atoms with Crippen LogP contribution in [0.1, 0.15) is 28.4 Å². The summed E-state index contributed by atoms with van der Waals surface area (Å²) in [5.74, 6) is -0.163. The minimum absolute atomic E-state index is 0.225. The summed E-state index contributed by atoms with van der Waals surface area (Å²) in [4.78, 5) is 14.4. The van der Waals surface area contributed by atoms with Crippen molar-refractivity contribution in [1.82, 2.24) is 0 Å². The van der Waals surface area contributed by atoms with Crippen molar-refractivity contribution in [1.29, 1.82) is 0 Å². The van der Waals surface area contributed by atoms with Gasteiger partial charge in [0.1, 0.15) is 11.6 Å². The first-order valence-electron chi connectivity index (χ1n) is 7.04. The second-order valence-electron chi connectivity index (χ2n) is 5.16. The molecule has 1 aliphatic heterocycles. The fourth-order valence-corrected chi connectivity index (χ4v) is 2.74. The molecule has 0 aromatic heterocycles. The number of amides is 1. The Balaban J connectivity index is 2.03. The van der Waals surface area contributed by atoms with Crippen molar-refractivity contribution >= 4 is 11.6 Å². The lowest BCUT2D eigenvalue weighted by atomic mass is 9.97. The maximum absolute atomic E-state index is 13.4. The number of halogens is 1. The van der Waals surface area contributed by atoms with Gasteiger partial charge in [0.2, 0.25) is 0 Å². The standard InChI is InChI=1S/C17H16FNO3/c1-22-16-5-3-2-4-12(16)17(21)19-9-8-15(20)13-10-11(18)6-7-14(13)19/h2-7,10,15,20H,8-9H2,1H3. The van der Waals surface area contributed by atoms with Crippen LogP contribution in [0, 0.1) is 5.82 Å². The van der Waals surface area contributed by atoms with Crippen LogP contribution in [0.2, 0.25) is 0 Å². The number of benzene rings is 2. The van der Waals surface area contributed by atoms with Gasteiger partial charge in [-0.2, -0.15) is 0 Å². The quantitative estimate of drug-likeness (QED) is 0.928. The Morgan fingerprint density at radius 2 is 2.09 bits per heavy atom. The highest BCUT2D eigenvalue weighted by molar-refractivity contribution is 6.08. The Bertz CT molecular complexity index is 717. The van der Waals surface area contributed by atoms with Gasteiger partial charge in [0.05, 0.1) is 18.8 Å². The van der Waals surface area contributed by atoms with Crippen molar-refractivity contribution in [2.75, 3.05) is 18.6 Å². The second kappa shape index (κ2) is 5.77. The predicted molar refractivity (Wildman–Crippen MR) is 80.6 cm³/mol. The number of para-hydroxylation sites is 1. The summed E-state index contributed by atoms with van der Waals surface area (Å²) >= 11 is 0. The van der Waals surface area contributed by atoms with E-state index in [-0.39, 0.29) is 5.91 Å². The number of anilines is 1. The molecule has 1 atom stereocenters. The van der Waals surface area contributed by atoms with Crippen LogP contribution in [0.15, 0.2) is 42.5 Å². The first-order chi connectivity index (χ1) is 10.6. The normalized spacial score (nSPS) is 17.0. The Kier molecular flexibility index (Phi) is 3.81. The minimum atomic E-state index is -0.757. The summed E-state index contributed by atoms with van der Waals surface area (Å²) in [5, 5.41) is 10.0. The van der Waals surface area contributed by atoms with Crippen LogP contribution >= 0.6 is 0 Å². The van der Waals surface area contributed by atoms with Crippen LogP contribution in [0.3, 0.4) is 0 Å². The van der Waals surface area contributed by atoms with Crippen LogP contribution < -0.4 is 9.64 Å². The molecule has 1 heterocycles. The average molecular weight is 301 g/mol. The molecule has 1 aliphatic rings. The van der Waals surface area contributed by atoms with Crippen LogP contribution in [-0.2, 0) is 0 Å². The molecule has 1 N–H and O–H groups in total. The number of hydrogen-bond acceptors (Lipinski definition) is 3. The molecule has 2 aromatic rings. The van der Waals surface area contributed by atoms with Crippen LogP contribution in [0.4, 0.5) is 10.1 Å². The molecule has 5 heteroatoms. The van der Waals surface area contributed by atoms with Crippen molar-refractivity contribution in [3.05, 3.63) is 59.4 Å². The molecule has 3 rings (SSSR count). The monoisotopic (exact) mass is 301 g/mol. The number of methoxy groups -OCH3 is 1. The van der Waals surface area contributed by atoms with Gasteiger partial charge in [-0.15, -0.1) is 0 Å². The van der Waals surface area contributed by atoms with E-state index in [1.807, 2.05) is 0 Å². The minimum Gasteiger partial charge on any atom is -0.496 e. The van der Waals surface area contributed by atoms with Gasteiger partial charge in [0, 0.05) is 17.8 Å². The molecule has 0 saturated carbocycles. The van der Waals surface area contributed by atoms with Gasteiger partial charge < -0.3 is 14.7 Å². The molecule has 1 unspecified atom stereocenters. The number of aliphatic hydroxyl groups excluding tert-OH is 1. The van der Waals surface area contributed by atoms with E-state index in [4.69, 9.17) is 4.74 Å². The maximum Gasteiger partial charge on any atom is 0.262 e. The third-order valence-corrected chi connectivity index (χ3v) is 3.85. The van der Waals surface area contributed by atoms with E-state index in [0.29, 0.717) is 35.5 Å². The number of carbonyl (C=O) groups is 1. The molecule has 0 aliphatic carbocycles. The Hall–Kier alpha value is -2.40. The van der Waals surface area contributed by atoms with E-state index in [1.54, 1.807) is 29.2 Å². The molecule has 2 aromatic carbocycles. The highest BCUT2D eigenvalue weighted by Gasteiger charge is 2.29. The summed E-state index contributed by atoms with van der Waals surface area (Å²) < 4.78 is 18.6. The largest absolute Gasteiger partial charge is 0.496 e. The van der Waals surface area contributed by atoms with Gasteiger partial charge >= 0.3 is 0 Å². The third kappa shape index (κ3) is 2.44. The third-order valence-electron chi connectivity index (χ3n) is 3.85. The fraction of sp³-hybridized carbons (Fsp3) is 0.235. The zero-order chi connectivity index (χ0) is 15.7. The van der Waals surface area contributed by atoms with E-state index < -0.39 is 11.9 Å². The highest BCUT2D eigenvalue weighted by Crippen LogP contribution is 2.35. The molecule has 1 amide bonds. The van der Waals surface area contributed by atoms with Crippen LogP contribution in [0.5, 0.6) is 5.75 Å². The molecular formula is C17H16FNO3. The van der Waals surface area contributed by atoms with Crippen molar-refractivity contribution in [2.24, 2.45) is 0 Å². The fourth-order valence-electron chi connectivity index (χ4n) is 2.74. The maximum atomic E-state index is 13.4. The zero-order valence-corrected chi connectivity index (χ0v) is 12.1. The summed E-state index contributed by atoms with van der Waals surface area (Å²) in [6, 6.07) is 11.1. The molecule has 114 valence electrons. The van der Waals surface area contributed by atoms with Gasteiger partial charge in [0.15, 0.2) is 0 Å². The lowest BCUT2D eigenvalue weighted by molar-refractivity contribution is 0.0967. The topological polar surface area (TPSA) is 49.8 Å². The Morgan fingerprint density at radius 1 is 1.32 bits per heavy atom. The number of hydrogen-bond donors (Lipinski definition) is 1. The van der Waals surface area contributed by atoms with E-state index in [9.17, 15) is 14.3 Å². The van der Waals surface area contributed by atoms with Gasteiger partial charge in [-0.3, -0.25) is 4.79 Å². The van der Waals surface area contributed by atoms with Gasteiger partial charge in [-0.05, 0) is 36.8 Å². The summed E-state index contributed by atoms with van der Waals surface area (Å²) in [7, 11) is 1.51. The molecule has 0 saturated heterocycles. The van der Waals surface area contributed by atoms with E-state index in [1.165, 1.54) is 25.3 Å². The number of aliphatic hydroxyl groups is 1. The van der Waals surface area contributed by atoms with Gasteiger partial charge in [-0.1, -0.05) is 12.1 Å². The van der Waals surface area contributed by atoms with Gasteiger partial charge in [0.25, 0.3) is 5.91 Å². The summed E-state index contributed by atoms with van der Waals surface area (Å²) in [6.07, 6.45) is -0.385. The summed E-state index contributed by atoms with van der Waals surface area (Å²) in [5.41, 5.74) is 1.42. The van der Waals surface area contributed by atoms with Crippen molar-refractivity contribution < 1.29 is 19.0 Å². The predicted octanol–water partition coefficient (Wildman–Crippen LogP) is 2.92. The molecule has 22 heavy (non-hydrogen) atoms. The Labute approximate surface area is 127 Å². The molecule has 0 bridgehead atoms. The second-order valence-corrected chi connectivity index (χ2v) is 5.16. The number of ether oxygens (including phenoxy) is 1. The molecule has 0 spiro atoms. The first-order valence-corrected chi connectivity index (χ1v) is 7.04. The highest BCUT2D eigenvalue weighted by atomic mass is 19.1. The summed E-state index contributed by atoms with van der Waals surface area (Å²) in [6.45, 7) is 0.372. The van der Waals surface area contributed by atoms with E-state index in [2.05, 4.69) is 0 Å². The van der Waals surface area contributed by atoms with Crippen molar-refractivity contribution in [3.63, 3.8) is 0 Å². The van der Waals surface area contributed by atoms with E-state index in [0.717, 1.165) is 0 Å². The molecule has 4 nitrogen and oxygen atoms in total. The van der Waals surface area contributed by atoms with E-state index >= 15 is 0 Å². The van der Waals surface area contributed by atoms with Crippen LogP contribution in [0.25, 0.3) is 0 Å². The SMILES string of the molecule is COc1ccccc1C(=O)N1CCC(O)c2cc(F)ccc21. The lowest BCUT2D eigenvalue weighted by Gasteiger charge is -2.32. The number of rotatable bonds is 2. The Morgan fingerprint density at radius 3 is 2.86 bits per heavy atom. The molecular weight excluding hydrogens is 285 g/mol. The number of nitrogens with zero attached hydrogens (tertiary/aromatic N) is 1.